The first-order chi connectivity index (χ1) is 6.22. The normalized spacial score (nSPS) is 40.4. The fourth-order valence-corrected chi connectivity index (χ4v) is 4.42. The van der Waals surface area contributed by atoms with Crippen LogP contribution in [-0.4, -0.2) is 11.5 Å². The number of hydrogen-bond acceptors (Lipinski definition) is 1. The van der Waals surface area contributed by atoms with Crippen molar-refractivity contribution in [3.05, 3.63) is 0 Å². The van der Waals surface area contributed by atoms with Gasteiger partial charge >= 0.3 is 0 Å². The highest BCUT2D eigenvalue weighted by molar-refractivity contribution is 7.99. The average Bonchev–Trinajstić information content (AvgIpc) is 2.51. The van der Waals surface area contributed by atoms with Gasteiger partial charge in [0.1, 0.15) is 0 Å². The minimum Gasteiger partial charge on any atom is -0.161 e. The molecular formula is C12H22S. The summed E-state index contributed by atoms with van der Waals surface area (Å²) >= 11 is 2.20. The van der Waals surface area contributed by atoms with Gasteiger partial charge in [-0.2, -0.15) is 11.8 Å². The molecule has 1 saturated heterocycles. The summed E-state index contributed by atoms with van der Waals surface area (Å²) in [6.07, 6.45) is 7.59. The molecule has 0 nitrogen and oxygen atoms in total. The standard InChI is InChI=1S/C12H22S/c1-10(2)11-4-6-12(8-11)5-3-7-13-9-12/h10-11H,3-9H2,1-2H3. The maximum absolute atomic E-state index is 2.40. The topological polar surface area (TPSA) is 0 Å². The van der Waals surface area contributed by atoms with Gasteiger partial charge in [0.2, 0.25) is 0 Å². The third-order valence-corrected chi connectivity index (χ3v) is 5.48. The highest BCUT2D eigenvalue weighted by Gasteiger charge is 2.40. The largest absolute Gasteiger partial charge is 0.161 e. The van der Waals surface area contributed by atoms with Gasteiger partial charge in [-0.25, -0.2) is 0 Å². The third kappa shape index (κ3) is 2.06. The highest BCUT2D eigenvalue weighted by atomic mass is 32.2. The van der Waals surface area contributed by atoms with E-state index in [-0.39, 0.29) is 0 Å². The predicted molar refractivity (Wildman–Crippen MR) is 61.2 cm³/mol. The molecule has 0 N–H and O–H groups in total. The Morgan fingerprint density at radius 3 is 2.69 bits per heavy atom. The quantitative estimate of drug-likeness (QED) is 0.614. The number of thioether (sulfide) groups is 1. The fourth-order valence-electron chi connectivity index (χ4n) is 3.09. The van der Waals surface area contributed by atoms with E-state index in [9.17, 15) is 0 Å². The van der Waals surface area contributed by atoms with Crippen molar-refractivity contribution in [1.82, 2.24) is 0 Å². The van der Waals surface area contributed by atoms with E-state index in [0.717, 1.165) is 17.3 Å². The minimum atomic E-state index is 0.790. The van der Waals surface area contributed by atoms with Gasteiger partial charge in [0.25, 0.3) is 0 Å². The zero-order valence-electron chi connectivity index (χ0n) is 9.01. The van der Waals surface area contributed by atoms with Crippen LogP contribution >= 0.6 is 11.8 Å². The Balaban J connectivity index is 1.94. The van der Waals surface area contributed by atoms with Gasteiger partial charge < -0.3 is 0 Å². The van der Waals surface area contributed by atoms with Crippen LogP contribution in [0.25, 0.3) is 0 Å². The zero-order valence-corrected chi connectivity index (χ0v) is 9.83. The first kappa shape index (κ1) is 9.89. The molecule has 0 aromatic carbocycles. The molecule has 2 fully saturated rings. The van der Waals surface area contributed by atoms with Gasteiger partial charge in [-0.05, 0) is 60.9 Å². The Hall–Kier alpha value is 0.350. The van der Waals surface area contributed by atoms with Gasteiger partial charge in [0, 0.05) is 0 Å². The van der Waals surface area contributed by atoms with E-state index in [1.165, 1.54) is 43.6 Å². The van der Waals surface area contributed by atoms with E-state index < -0.39 is 0 Å². The van der Waals surface area contributed by atoms with E-state index in [4.69, 9.17) is 0 Å². The molecule has 76 valence electrons. The molecule has 1 heteroatoms. The average molecular weight is 198 g/mol. The van der Waals surface area contributed by atoms with Gasteiger partial charge in [-0.3, -0.25) is 0 Å². The van der Waals surface area contributed by atoms with Crippen LogP contribution in [0.4, 0.5) is 0 Å². The lowest BCUT2D eigenvalue weighted by molar-refractivity contribution is 0.274. The van der Waals surface area contributed by atoms with Crippen molar-refractivity contribution in [2.24, 2.45) is 17.3 Å². The summed E-state index contributed by atoms with van der Waals surface area (Å²) in [6, 6.07) is 0. The summed E-state index contributed by atoms with van der Waals surface area (Å²) in [5.41, 5.74) is 0.790. The zero-order chi connectivity index (χ0) is 9.31. The molecule has 0 aromatic rings. The highest BCUT2D eigenvalue weighted by Crippen LogP contribution is 2.51. The van der Waals surface area contributed by atoms with E-state index in [2.05, 4.69) is 25.6 Å². The summed E-state index contributed by atoms with van der Waals surface area (Å²) in [5.74, 6) is 4.86. The van der Waals surface area contributed by atoms with Crippen molar-refractivity contribution in [3.63, 3.8) is 0 Å². The smallest absolute Gasteiger partial charge is 0.00107 e. The molecule has 1 spiro atoms. The number of hydrogen-bond donors (Lipinski definition) is 0. The fraction of sp³-hybridized carbons (Fsp3) is 1.00. The van der Waals surface area contributed by atoms with E-state index in [1.54, 1.807) is 0 Å². The Kier molecular flexibility index (Phi) is 2.92. The van der Waals surface area contributed by atoms with E-state index in [0.29, 0.717) is 0 Å². The third-order valence-electron chi connectivity index (χ3n) is 4.09. The summed E-state index contributed by atoms with van der Waals surface area (Å²) in [6.45, 7) is 4.80. The molecule has 0 amide bonds. The Morgan fingerprint density at radius 2 is 2.15 bits per heavy atom. The van der Waals surface area contributed by atoms with Crippen molar-refractivity contribution in [2.75, 3.05) is 11.5 Å². The van der Waals surface area contributed by atoms with Gasteiger partial charge in [0.15, 0.2) is 0 Å². The van der Waals surface area contributed by atoms with Crippen LogP contribution in [0, 0.1) is 17.3 Å². The van der Waals surface area contributed by atoms with E-state index in [1.807, 2.05) is 0 Å². The predicted octanol–water partition coefficient (Wildman–Crippen LogP) is 3.96. The molecule has 2 aliphatic rings. The number of rotatable bonds is 1. The van der Waals surface area contributed by atoms with Crippen molar-refractivity contribution >= 4 is 11.8 Å². The Morgan fingerprint density at radius 1 is 1.31 bits per heavy atom. The second-order valence-corrected chi connectivity index (χ2v) is 6.51. The monoisotopic (exact) mass is 198 g/mol. The minimum absolute atomic E-state index is 0.790. The lowest BCUT2D eigenvalue weighted by Gasteiger charge is -2.33. The molecule has 13 heavy (non-hydrogen) atoms. The molecule has 0 bridgehead atoms. The SMILES string of the molecule is CC(C)C1CCC2(CCCSC2)C1. The second-order valence-electron chi connectivity index (χ2n) is 5.40. The van der Waals surface area contributed by atoms with Gasteiger partial charge in [0.05, 0.1) is 0 Å². The van der Waals surface area contributed by atoms with Crippen LogP contribution < -0.4 is 0 Å². The maximum Gasteiger partial charge on any atom is -0.00107 e. The van der Waals surface area contributed by atoms with Crippen molar-refractivity contribution in [2.45, 2.75) is 46.0 Å². The lowest BCUT2D eigenvalue weighted by Crippen LogP contribution is -2.24. The maximum atomic E-state index is 2.40. The summed E-state index contributed by atoms with van der Waals surface area (Å²) in [7, 11) is 0. The van der Waals surface area contributed by atoms with Crippen LogP contribution in [0.2, 0.25) is 0 Å². The van der Waals surface area contributed by atoms with Crippen LogP contribution in [-0.2, 0) is 0 Å². The molecule has 1 aliphatic carbocycles. The lowest BCUT2D eigenvalue weighted by atomic mass is 9.81. The van der Waals surface area contributed by atoms with Crippen LogP contribution in [0.1, 0.15) is 46.0 Å². The summed E-state index contributed by atoms with van der Waals surface area (Å²) < 4.78 is 0. The molecule has 0 aromatic heterocycles. The molecule has 1 saturated carbocycles. The summed E-state index contributed by atoms with van der Waals surface area (Å²) in [4.78, 5) is 0. The van der Waals surface area contributed by atoms with Crippen molar-refractivity contribution in [1.29, 1.82) is 0 Å². The molecule has 0 radical (unpaired) electrons. The molecular weight excluding hydrogens is 176 g/mol. The first-order valence-corrected chi connectivity index (χ1v) is 6.95. The molecule has 1 aliphatic heterocycles. The van der Waals surface area contributed by atoms with Crippen LogP contribution in [0.15, 0.2) is 0 Å². The molecule has 1 heterocycles. The van der Waals surface area contributed by atoms with Crippen molar-refractivity contribution in [3.8, 4) is 0 Å². The molecule has 2 atom stereocenters. The second kappa shape index (κ2) is 3.84. The van der Waals surface area contributed by atoms with Crippen LogP contribution in [0.3, 0.4) is 0 Å². The Bertz CT molecular complexity index is 168. The Labute approximate surface area is 86.9 Å². The van der Waals surface area contributed by atoms with Crippen LogP contribution in [0.5, 0.6) is 0 Å². The van der Waals surface area contributed by atoms with Crippen molar-refractivity contribution < 1.29 is 0 Å². The van der Waals surface area contributed by atoms with Gasteiger partial charge in [-0.15, -0.1) is 0 Å². The molecule has 2 unspecified atom stereocenters. The molecule has 2 rings (SSSR count). The van der Waals surface area contributed by atoms with E-state index >= 15 is 0 Å². The first-order valence-electron chi connectivity index (χ1n) is 5.80. The summed E-state index contributed by atoms with van der Waals surface area (Å²) in [5, 5.41) is 0. The van der Waals surface area contributed by atoms with Gasteiger partial charge in [-0.1, -0.05) is 13.8 Å².